The summed E-state index contributed by atoms with van der Waals surface area (Å²) in [6, 6.07) is 23.6. The molecule has 0 aromatic heterocycles. The Morgan fingerprint density at radius 1 is 0.750 bits per heavy atom. The number of hydrogen-bond donors (Lipinski definition) is 3. The number of thioether (sulfide) groups is 1. The summed E-state index contributed by atoms with van der Waals surface area (Å²) in [5, 5.41) is 14.1. The third kappa shape index (κ3) is 7.81. The van der Waals surface area contributed by atoms with Gasteiger partial charge in [0.25, 0.3) is 0 Å². The summed E-state index contributed by atoms with van der Waals surface area (Å²) in [4.78, 5) is 35.4. The average Bonchev–Trinajstić information content (AvgIpc) is 2.79. The monoisotopic (exact) mass is 450 g/mol. The van der Waals surface area contributed by atoms with Crippen molar-refractivity contribution < 1.29 is 24.2 Å². The molecule has 0 radical (unpaired) electrons. The maximum absolute atomic E-state index is 12.3. The van der Waals surface area contributed by atoms with Crippen molar-refractivity contribution in [1.29, 1.82) is 0 Å². The molecule has 3 rings (SSSR count). The topological polar surface area (TPSA) is 105 Å². The Morgan fingerprint density at radius 3 is 2.16 bits per heavy atom. The van der Waals surface area contributed by atoms with Crippen molar-refractivity contribution in [3.8, 4) is 11.5 Å². The zero-order valence-electron chi connectivity index (χ0n) is 17.1. The quantitative estimate of drug-likeness (QED) is 0.375. The molecule has 0 spiro atoms. The first-order valence-electron chi connectivity index (χ1n) is 9.85. The van der Waals surface area contributed by atoms with Crippen LogP contribution in [0.2, 0.25) is 0 Å². The van der Waals surface area contributed by atoms with Gasteiger partial charge in [-0.1, -0.05) is 24.3 Å². The highest BCUT2D eigenvalue weighted by Crippen LogP contribution is 2.24. The van der Waals surface area contributed by atoms with Crippen LogP contribution in [0, 0.1) is 0 Å². The van der Waals surface area contributed by atoms with Crippen LogP contribution in [-0.4, -0.2) is 28.6 Å². The van der Waals surface area contributed by atoms with E-state index in [1.807, 2.05) is 36.4 Å². The number of carboxylic acids is 1. The van der Waals surface area contributed by atoms with Crippen LogP contribution in [0.1, 0.15) is 12.8 Å². The highest BCUT2D eigenvalue weighted by molar-refractivity contribution is 8.00. The smallest absolute Gasteiger partial charge is 0.303 e. The van der Waals surface area contributed by atoms with E-state index in [1.165, 1.54) is 11.8 Å². The number of para-hydroxylation sites is 1. The molecule has 0 aliphatic rings. The Bertz CT molecular complexity index is 1070. The van der Waals surface area contributed by atoms with Gasteiger partial charge in [-0.25, -0.2) is 0 Å². The lowest BCUT2D eigenvalue weighted by molar-refractivity contribution is -0.138. The summed E-state index contributed by atoms with van der Waals surface area (Å²) < 4.78 is 5.73. The van der Waals surface area contributed by atoms with E-state index in [2.05, 4.69) is 10.6 Å². The second kappa shape index (κ2) is 11.6. The largest absolute Gasteiger partial charge is 0.481 e. The van der Waals surface area contributed by atoms with Gasteiger partial charge in [-0.15, -0.1) is 11.8 Å². The molecule has 0 fully saturated rings. The summed E-state index contributed by atoms with van der Waals surface area (Å²) in [7, 11) is 0. The average molecular weight is 451 g/mol. The molecule has 3 N–H and O–H groups in total. The number of ether oxygens (including phenoxy) is 1. The third-order valence-corrected chi connectivity index (χ3v) is 5.16. The van der Waals surface area contributed by atoms with Crippen molar-refractivity contribution in [2.75, 3.05) is 16.4 Å². The van der Waals surface area contributed by atoms with Crippen LogP contribution < -0.4 is 15.4 Å². The fraction of sp³-hybridized carbons (Fsp3) is 0.125. The first kappa shape index (κ1) is 22.9. The van der Waals surface area contributed by atoms with Gasteiger partial charge in [-0.2, -0.15) is 0 Å². The number of nitrogens with one attached hydrogen (secondary N) is 2. The predicted octanol–water partition coefficient (Wildman–Crippen LogP) is 5.01. The van der Waals surface area contributed by atoms with Crippen molar-refractivity contribution in [3.05, 3.63) is 78.9 Å². The van der Waals surface area contributed by atoms with Gasteiger partial charge in [0.2, 0.25) is 11.8 Å². The normalized spacial score (nSPS) is 10.2. The summed E-state index contributed by atoms with van der Waals surface area (Å²) in [5.41, 5.74) is 1.22. The number of carbonyl (C=O) groups is 3. The molecule has 3 aromatic rings. The highest BCUT2D eigenvalue weighted by atomic mass is 32.2. The summed E-state index contributed by atoms with van der Waals surface area (Å²) in [5.74, 6) is 0.0498. The molecule has 2 amide bonds. The van der Waals surface area contributed by atoms with Crippen molar-refractivity contribution in [1.82, 2.24) is 0 Å². The first-order chi connectivity index (χ1) is 15.5. The second-order valence-corrected chi connectivity index (χ2v) is 7.79. The number of amides is 2. The minimum absolute atomic E-state index is 0.0930. The van der Waals surface area contributed by atoms with E-state index >= 15 is 0 Å². The molecular formula is C24H22N2O5S. The molecule has 0 unspecified atom stereocenters. The van der Waals surface area contributed by atoms with Crippen LogP contribution in [-0.2, 0) is 14.4 Å². The number of carbonyl (C=O) groups excluding carboxylic acids is 2. The summed E-state index contributed by atoms with van der Waals surface area (Å²) in [6.45, 7) is 0. The molecule has 3 aromatic carbocycles. The zero-order chi connectivity index (χ0) is 22.8. The van der Waals surface area contributed by atoms with E-state index in [9.17, 15) is 14.4 Å². The molecule has 164 valence electrons. The Hall–Kier alpha value is -3.78. The van der Waals surface area contributed by atoms with Crippen molar-refractivity contribution in [2.24, 2.45) is 0 Å². The Labute approximate surface area is 189 Å². The van der Waals surface area contributed by atoms with Crippen LogP contribution in [0.5, 0.6) is 11.5 Å². The molecule has 8 heteroatoms. The fourth-order valence-electron chi connectivity index (χ4n) is 2.68. The van der Waals surface area contributed by atoms with Crippen LogP contribution in [0.15, 0.2) is 83.8 Å². The molecule has 0 heterocycles. The molecular weight excluding hydrogens is 428 g/mol. The SMILES string of the molecule is O=C(O)CCC(=O)Nc1cccc(SCC(=O)Nc2ccc(Oc3ccccc3)cc2)c1. The molecule has 0 saturated heterocycles. The molecule has 0 aliphatic carbocycles. The van der Waals surface area contributed by atoms with Gasteiger partial charge in [0.1, 0.15) is 11.5 Å². The lowest BCUT2D eigenvalue weighted by atomic mass is 10.2. The minimum atomic E-state index is -1.02. The third-order valence-electron chi connectivity index (χ3n) is 4.17. The van der Waals surface area contributed by atoms with E-state index in [0.717, 1.165) is 10.6 Å². The number of aliphatic carboxylic acids is 1. The van der Waals surface area contributed by atoms with Gasteiger partial charge in [0, 0.05) is 22.7 Å². The predicted molar refractivity (Wildman–Crippen MR) is 124 cm³/mol. The molecule has 0 bridgehead atoms. The maximum Gasteiger partial charge on any atom is 0.303 e. The Balaban J connectivity index is 1.46. The second-order valence-electron chi connectivity index (χ2n) is 6.75. The van der Waals surface area contributed by atoms with Gasteiger partial charge in [0.15, 0.2) is 0 Å². The van der Waals surface area contributed by atoms with E-state index < -0.39 is 5.97 Å². The van der Waals surface area contributed by atoms with E-state index in [4.69, 9.17) is 9.84 Å². The van der Waals surface area contributed by atoms with E-state index in [0.29, 0.717) is 17.1 Å². The lowest BCUT2D eigenvalue weighted by Crippen LogP contribution is -2.14. The fourth-order valence-corrected chi connectivity index (χ4v) is 3.44. The summed E-state index contributed by atoms with van der Waals surface area (Å²) in [6.07, 6.45) is -0.315. The number of carboxylic acid groups (broad SMARTS) is 1. The highest BCUT2D eigenvalue weighted by Gasteiger charge is 2.08. The van der Waals surface area contributed by atoms with E-state index in [-0.39, 0.29) is 30.4 Å². The first-order valence-corrected chi connectivity index (χ1v) is 10.8. The number of benzene rings is 3. The van der Waals surface area contributed by atoms with Gasteiger partial charge in [-0.05, 0) is 54.6 Å². The van der Waals surface area contributed by atoms with Crippen LogP contribution in [0.4, 0.5) is 11.4 Å². The molecule has 7 nitrogen and oxygen atoms in total. The molecule has 0 aliphatic heterocycles. The number of hydrogen-bond acceptors (Lipinski definition) is 5. The molecule has 0 atom stereocenters. The van der Waals surface area contributed by atoms with Crippen molar-refractivity contribution in [3.63, 3.8) is 0 Å². The maximum atomic E-state index is 12.3. The minimum Gasteiger partial charge on any atom is -0.481 e. The molecule has 0 saturated carbocycles. The van der Waals surface area contributed by atoms with E-state index in [1.54, 1.807) is 42.5 Å². The number of rotatable bonds is 10. The van der Waals surface area contributed by atoms with Gasteiger partial charge in [0.05, 0.1) is 12.2 Å². The van der Waals surface area contributed by atoms with Crippen molar-refractivity contribution in [2.45, 2.75) is 17.7 Å². The van der Waals surface area contributed by atoms with Crippen LogP contribution in [0.25, 0.3) is 0 Å². The Morgan fingerprint density at radius 2 is 1.44 bits per heavy atom. The Kier molecular flexibility index (Phi) is 8.28. The molecule has 32 heavy (non-hydrogen) atoms. The number of anilines is 2. The van der Waals surface area contributed by atoms with Crippen LogP contribution in [0.3, 0.4) is 0 Å². The van der Waals surface area contributed by atoms with Gasteiger partial charge in [-0.3, -0.25) is 14.4 Å². The standard InChI is InChI=1S/C24H22N2O5S/c27-22(13-14-24(29)30)26-18-5-4-8-21(15-18)32-16-23(28)25-17-9-11-20(12-10-17)31-19-6-2-1-3-7-19/h1-12,15H,13-14,16H2,(H,25,28)(H,26,27)(H,29,30). The van der Waals surface area contributed by atoms with Gasteiger partial charge >= 0.3 is 5.97 Å². The summed E-state index contributed by atoms with van der Waals surface area (Å²) >= 11 is 1.33. The van der Waals surface area contributed by atoms with Crippen LogP contribution >= 0.6 is 11.8 Å². The zero-order valence-corrected chi connectivity index (χ0v) is 17.9. The lowest BCUT2D eigenvalue weighted by Gasteiger charge is -2.09. The van der Waals surface area contributed by atoms with Gasteiger partial charge < -0.3 is 20.5 Å². The van der Waals surface area contributed by atoms with Crippen molar-refractivity contribution >= 4 is 40.9 Å².